The Morgan fingerprint density at radius 1 is 1.33 bits per heavy atom. The first-order chi connectivity index (χ1) is 8.56. The van der Waals surface area contributed by atoms with E-state index in [2.05, 4.69) is 6.58 Å². The molecule has 18 heavy (non-hydrogen) atoms. The van der Waals surface area contributed by atoms with Crippen molar-refractivity contribution >= 4 is 11.9 Å². The van der Waals surface area contributed by atoms with Gasteiger partial charge in [-0.1, -0.05) is 38.7 Å². The van der Waals surface area contributed by atoms with E-state index in [1.54, 1.807) is 13.8 Å². The number of rotatable bonds is 6. The van der Waals surface area contributed by atoms with Gasteiger partial charge in [0.05, 0.1) is 18.6 Å². The fourth-order valence-electron chi connectivity index (χ4n) is 1.20. The maximum Gasteiger partial charge on any atom is 0.335 e. The summed E-state index contributed by atoms with van der Waals surface area (Å²) in [6.07, 6.45) is 4.32. The Labute approximate surface area is 109 Å². The van der Waals surface area contributed by atoms with Crippen LogP contribution in [0.25, 0.3) is 0 Å². The van der Waals surface area contributed by atoms with E-state index in [0.717, 1.165) is 0 Å². The van der Waals surface area contributed by atoms with Gasteiger partial charge in [-0.05, 0) is 19.4 Å². The highest BCUT2D eigenvalue weighted by molar-refractivity contribution is 5.93. The quantitative estimate of drug-likeness (QED) is 0.449. The lowest BCUT2D eigenvalue weighted by Gasteiger charge is -2.07. The van der Waals surface area contributed by atoms with Crippen LogP contribution in [-0.2, 0) is 14.3 Å². The maximum absolute atomic E-state index is 11.3. The molecule has 0 aromatic heterocycles. The first-order valence-electron chi connectivity index (χ1n) is 5.94. The second-order valence-electron chi connectivity index (χ2n) is 2.92. The Kier molecular flexibility index (Phi) is 12.0. The Hall–Kier alpha value is -1.84. The lowest BCUT2D eigenvalue weighted by molar-refractivity contribution is -0.142. The Morgan fingerprint density at radius 2 is 1.89 bits per heavy atom. The van der Waals surface area contributed by atoms with Gasteiger partial charge in [-0.2, -0.15) is 0 Å². The molecular formula is C14H22O4. The van der Waals surface area contributed by atoms with Crippen LogP contribution in [0.5, 0.6) is 0 Å². The monoisotopic (exact) mass is 254 g/mol. The van der Waals surface area contributed by atoms with E-state index < -0.39 is 11.9 Å². The number of carbonyl (C=O) groups excluding carboxylic acids is 1. The van der Waals surface area contributed by atoms with Crippen molar-refractivity contribution in [1.29, 1.82) is 0 Å². The van der Waals surface area contributed by atoms with Gasteiger partial charge in [-0.3, -0.25) is 4.79 Å². The molecule has 0 fully saturated rings. The zero-order valence-electron chi connectivity index (χ0n) is 11.5. The second kappa shape index (κ2) is 11.6. The van der Waals surface area contributed by atoms with Crippen molar-refractivity contribution in [3.63, 3.8) is 0 Å². The number of allylic oxidation sites excluding steroid dienone is 3. The molecule has 0 aromatic rings. The van der Waals surface area contributed by atoms with Gasteiger partial charge in [0.15, 0.2) is 0 Å². The molecule has 0 amide bonds. The van der Waals surface area contributed by atoms with E-state index in [1.807, 2.05) is 13.8 Å². The van der Waals surface area contributed by atoms with Gasteiger partial charge in [0.2, 0.25) is 0 Å². The minimum Gasteiger partial charge on any atom is -0.478 e. The summed E-state index contributed by atoms with van der Waals surface area (Å²) in [5.41, 5.74) is 0.483. The normalized spacial score (nSPS) is 11.1. The summed E-state index contributed by atoms with van der Waals surface area (Å²) in [5.74, 6) is -1.52. The standard InChI is InChI=1S/C12H16O4.C2H6/c1-4-7-9(8-11(13)16-6-3)10(5-2)12(14)15;1-2/h4-5,7H,1,6,8H2,2-3H3,(H,14,15);1-2H3/b9-7-,10-5+;. The summed E-state index contributed by atoms with van der Waals surface area (Å²) in [6.45, 7) is 11.1. The van der Waals surface area contributed by atoms with Crippen LogP contribution in [0.15, 0.2) is 36.0 Å². The van der Waals surface area contributed by atoms with Crippen LogP contribution in [0.4, 0.5) is 0 Å². The van der Waals surface area contributed by atoms with Crippen molar-refractivity contribution in [2.24, 2.45) is 0 Å². The largest absolute Gasteiger partial charge is 0.478 e. The molecule has 0 bridgehead atoms. The van der Waals surface area contributed by atoms with Gasteiger partial charge in [0.25, 0.3) is 0 Å². The highest BCUT2D eigenvalue weighted by Gasteiger charge is 2.15. The topological polar surface area (TPSA) is 63.6 Å². The van der Waals surface area contributed by atoms with Crippen molar-refractivity contribution in [2.75, 3.05) is 6.61 Å². The van der Waals surface area contributed by atoms with E-state index in [-0.39, 0.29) is 18.6 Å². The van der Waals surface area contributed by atoms with Gasteiger partial charge in [-0.15, -0.1) is 0 Å². The molecule has 0 spiro atoms. The van der Waals surface area contributed by atoms with Crippen molar-refractivity contribution in [3.05, 3.63) is 36.0 Å². The molecule has 0 radical (unpaired) electrons. The minimum atomic E-state index is -1.07. The average Bonchev–Trinajstić information content (AvgIpc) is 2.32. The Morgan fingerprint density at radius 3 is 2.22 bits per heavy atom. The van der Waals surface area contributed by atoms with Gasteiger partial charge < -0.3 is 9.84 Å². The molecule has 0 aliphatic rings. The van der Waals surface area contributed by atoms with Crippen molar-refractivity contribution < 1.29 is 19.4 Å². The molecule has 0 aliphatic heterocycles. The molecule has 0 aromatic carbocycles. The van der Waals surface area contributed by atoms with Crippen molar-refractivity contribution in [2.45, 2.75) is 34.1 Å². The molecule has 1 N–H and O–H groups in total. The first-order valence-corrected chi connectivity index (χ1v) is 5.94. The molecule has 0 unspecified atom stereocenters. The Bertz CT molecular complexity index is 338. The van der Waals surface area contributed by atoms with Gasteiger partial charge >= 0.3 is 11.9 Å². The fourth-order valence-corrected chi connectivity index (χ4v) is 1.20. The van der Waals surface area contributed by atoms with Gasteiger partial charge in [0.1, 0.15) is 0 Å². The van der Waals surface area contributed by atoms with Crippen LogP contribution < -0.4 is 0 Å². The molecule has 0 saturated carbocycles. The number of carboxylic acid groups (broad SMARTS) is 1. The zero-order chi connectivity index (χ0) is 14.6. The molecular weight excluding hydrogens is 232 g/mol. The first kappa shape index (κ1) is 18.5. The molecule has 4 heteroatoms. The predicted molar refractivity (Wildman–Crippen MR) is 72.3 cm³/mol. The molecule has 0 atom stereocenters. The third-order valence-electron chi connectivity index (χ3n) is 1.82. The smallest absolute Gasteiger partial charge is 0.335 e. The van der Waals surface area contributed by atoms with E-state index in [1.165, 1.54) is 18.2 Å². The van der Waals surface area contributed by atoms with Crippen molar-refractivity contribution in [1.82, 2.24) is 0 Å². The third kappa shape index (κ3) is 7.44. The lowest BCUT2D eigenvalue weighted by Crippen LogP contribution is -2.10. The molecule has 0 saturated heterocycles. The summed E-state index contributed by atoms with van der Waals surface area (Å²) in [5, 5.41) is 8.92. The predicted octanol–water partition coefficient (Wildman–Crippen LogP) is 3.11. The van der Waals surface area contributed by atoms with E-state index in [9.17, 15) is 9.59 Å². The minimum absolute atomic E-state index is 0.0637. The van der Waals surface area contributed by atoms with Crippen LogP contribution in [0.2, 0.25) is 0 Å². The lowest BCUT2D eigenvalue weighted by atomic mass is 10.0. The molecule has 0 rings (SSSR count). The number of ether oxygens (including phenoxy) is 1. The van der Waals surface area contributed by atoms with Gasteiger partial charge in [-0.25, -0.2) is 4.79 Å². The molecule has 4 nitrogen and oxygen atoms in total. The number of carboxylic acids is 1. The number of hydrogen-bond acceptors (Lipinski definition) is 3. The summed E-state index contributed by atoms with van der Waals surface area (Å²) in [4.78, 5) is 22.1. The van der Waals surface area contributed by atoms with E-state index in [0.29, 0.717) is 5.57 Å². The highest BCUT2D eigenvalue weighted by Crippen LogP contribution is 2.15. The summed E-state index contributed by atoms with van der Waals surface area (Å²) in [6, 6.07) is 0. The second-order valence-corrected chi connectivity index (χ2v) is 2.92. The summed E-state index contributed by atoms with van der Waals surface area (Å²) < 4.78 is 4.76. The van der Waals surface area contributed by atoms with Crippen molar-refractivity contribution in [3.8, 4) is 0 Å². The SMILES string of the molecule is C=C/C=C(CC(=O)OCC)\C(=C/C)C(=O)O.CC. The molecule has 0 aliphatic carbocycles. The van der Waals surface area contributed by atoms with E-state index >= 15 is 0 Å². The van der Waals surface area contributed by atoms with Crippen LogP contribution in [0.3, 0.4) is 0 Å². The summed E-state index contributed by atoms with van der Waals surface area (Å²) >= 11 is 0. The fraction of sp³-hybridized carbons (Fsp3) is 0.429. The number of carbonyl (C=O) groups is 2. The molecule has 0 heterocycles. The zero-order valence-corrected chi connectivity index (χ0v) is 11.5. The average molecular weight is 254 g/mol. The van der Waals surface area contributed by atoms with Crippen LogP contribution in [-0.4, -0.2) is 23.7 Å². The van der Waals surface area contributed by atoms with Crippen LogP contribution >= 0.6 is 0 Å². The maximum atomic E-state index is 11.3. The van der Waals surface area contributed by atoms with Crippen LogP contribution in [0, 0.1) is 0 Å². The third-order valence-corrected chi connectivity index (χ3v) is 1.82. The molecule has 102 valence electrons. The number of aliphatic carboxylic acids is 1. The highest BCUT2D eigenvalue weighted by atomic mass is 16.5. The summed E-state index contributed by atoms with van der Waals surface area (Å²) in [7, 11) is 0. The van der Waals surface area contributed by atoms with Gasteiger partial charge in [0, 0.05) is 0 Å². The Balaban J connectivity index is 0. The number of hydrogen-bond donors (Lipinski definition) is 1. The van der Waals surface area contributed by atoms with E-state index in [4.69, 9.17) is 9.84 Å². The van der Waals surface area contributed by atoms with Crippen LogP contribution in [0.1, 0.15) is 34.1 Å². The number of esters is 1.